The molecule has 1 N–H and O–H groups in total. The number of anilines is 1. The Kier molecular flexibility index (Phi) is 9.20. The number of unbranched alkanes of at least 4 members (excludes halogenated alkanes) is 2. The van der Waals surface area contributed by atoms with Gasteiger partial charge in [0.15, 0.2) is 0 Å². The number of ether oxygens (including phenoxy) is 2. The molecule has 1 spiro atoms. The van der Waals surface area contributed by atoms with Crippen LogP contribution in [0.4, 0.5) is 5.69 Å². The van der Waals surface area contributed by atoms with Gasteiger partial charge < -0.3 is 24.4 Å². The second kappa shape index (κ2) is 12.7. The number of aliphatic hydroxyl groups excluding tert-OH is 1. The van der Waals surface area contributed by atoms with Crippen molar-refractivity contribution in [3.05, 3.63) is 67.8 Å². The molecule has 3 aliphatic rings. The highest BCUT2D eigenvalue weighted by molar-refractivity contribution is 9.09. The predicted molar refractivity (Wildman–Crippen MR) is 165 cm³/mol. The molecule has 0 aliphatic carbocycles. The number of allylic oxidation sites excluding steroid dienone is 1. The number of benzene rings is 2. The molecule has 3 aliphatic heterocycles. The summed E-state index contributed by atoms with van der Waals surface area (Å²) in [6, 6.07) is 12.0. The summed E-state index contributed by atoms with van der Waals surface area (Å²) in [6.07, 6.45) is 6.07. The van der Waals surface area contributed by atoms with Crippen LogP contribution in [0.3, 0.4) is 0 Å². The Bertz CT molecular complexity index is 1360. The van der Waals surface area contributed by atoms with E-state index in [1.54, 1.807) is 11.0 Å². The Labute approximate surface area is 255 Å². The normalized spacial score (nSPS) is 28.5. The second-order valence-corrected chi connectivity index (χ2v) is 12.6. The molecule has 0 aromatic heterocycles. The lowest BCUT2D eigenvalue weighted by atomic mass is 9.70. The Balaban J connectivity index is 1.53. The lowest BCUT2D eigenvalue weighted by molar-refractivity contribution is -0.155. The van der Waals surface area contributed by atoms with Crippen molar-refractivity contribution in [2.75, 3.05) is 24.7 Å². The first kappa shape index (κ1) is 30.4. The quantitative estimate of drug-likeness (QED) is 0.147. The molecule has 2 aromatic carbocycles. The summed E-state index contributed by atoms with van der Waals surface area (Å²) in [7, 11) is 0. The molecule has 3 heterocycles. The maximum atomic E-state index is 14.7. The molecule has 2 aromatic rings. The average Bonchev–Trinajstić information content (AvgIpc) is 3.59. The number of likely N-dealkylation sites (tertiary alicyclic amines) is 1. The number of amides is 2. The molecule has 42 heavy (non-hydrogen) atoms. The predicted octanol–water partition coefficient (Wildman–Crippen LogP) is 4.78. The molecule has 2 amide bonds. The van der Waals surface area contributed by atoms with Crippen LogP contribution in [0.2, 0.25) is 0 Å². The highest BCUT2D eigenvalue weighted by Crippen LogP contribution is 2.61. The molecule has 3 fully saturated rings. The molecule has 5 rings (SSSR count). The first-order valence-corrected chi connectivity index (χ1v) is 15.7. The first-order chi connectivity index (χ1) is 20.3. The fourth-order valence-corrected chi connectivity index (χ4v) is 7.97. The number of nitrogens with zero attached hydrogens (tertiary/aromatic N) is 2. The third-order valence-electron chi connectivity index (χ3n) is 8.98. The van der Waals surface area contributed by atoms with Gasteiger partial charge in [-0.25, -0.2) is 0 Å². The van der Waals surface area contributed by atoms with Crippen LogP contribution in [0.25, 0.3) is 10.8 Å². The van der Waals surface area contributed by atoms with Gasteiger partial charge in [-0.3, -0.25) is 14.4 Å². The van der Waals surface area contributed by atoms with Gasteiger partial charge in [0.2, 0.25) is 5.91 Å². The van der Waals surface area contributed by atoms with Gasteiger partial charge in [-0.15, -0.1) is 13.2 Å². The molecule has 7 atom stereocenters. The largest absolute Gasteiger partial charge is 0.465 e. The zero-order valence-electron chi connectivity index (χ0n) is 24.0. The molecular weight excluding hydrogens is 600 g/mol. The number of hydrogen-bond acceptors (Lipinski definition) is 6. The van der Waals surface area contributed by atoms with Crippen LogP contribution in [0, 0.1) is 11.8 Å². The van der Waals surface area contributed by atoms with Gasteiger partial charge in [0.25, 0.3) is 5.91 Å². The van der Waals surface area contributed by atoms with Crippen LogP contribution in [0.5, 0.6) is 0 Å². The summed E-state index contributed by atoms with van der Waals surface area (Å²) in [5, 5.41) is 12.4. The van der Waals surface area contributed by atoms with Crippen molar-refractivity contribution in [3.63, 3.8) is 0 Å². The smallest absolute Gasteiger partial charge is 0.312 e. The summed E-state index contributed by atoms with van der Waals surface area (Å²) in [6.45, 7) is 9.62. The van der Waals surface area contributed by atoms with Crippen LogP contribution in [-0.2, 0) is 23.9 Å². The number of carbonyl (C=O) groups is 3. The van der Waals surface area contributed by atoms with E-state index >= 15 is 0 Å². The van der Waals surface area contributed by atoms with E-state index < -0.39 is 41.6 Å². The van der Waals surface area contributed by atoms with Gasteiger partial charge in [0.05, 0.1) is 37.2 Å². The van der Waals surface area contributed by atoms with Crippen molar-refractivity contribution < 1.29 is 29.0 Å². The molecule has 0 radical (unpaired) electrons. The fraction of sp³-hybridized carbons (Fsp3) is 0.485. The molecule has 224 valence electrons. The van der Waals surface area contributed by atoms with Gasteiger partial charge in [-0.05, 0) is 55.0 Å². The fourth-order valence-electron chi connectivity index (χ4n) is 7.03. The van der Waals surface area contributed by atoms with E-state index in [9.17, 15) is 19.5 Å². The molecule has 9 heteroatoms. The van der Waals surface area contributed by atoms with Crippen LogP contribution < -0.4 is 4.90 Å². The van der Waals surface area contributed by atoms with Crippen LogP contribution >= 0.6 is 15.9 Å². The number of fused-ring (bicyclic) bond motifs is 2. The Hall–Kier alpha value is -3.01. The van der Waals surface area contributed by atoms with Gasteiger partial charge in [-0.1, -0.05) is 65.3 Å². The van der Waals surface area contributed by atoms with Gasteiger partial charge in [-0.2, -0.15) is 0 Å². The lowest BCUT2D eigenvalue weighted by Crippen LogP contribution is -2.59. The van der Waals surface area contributed by atoms with Crippen LogP contribution in [0.1, 0.15) is 39.0 Å². The Morgan fingerprint density at radius 1 is 1.21 bits per heavy atom. The second-order valence-electron chi connectivity index (χ2n) is 11.4. The topological polar surface area (TPSA) is 96.4 Å². The van der Waals surface area contributed by atoms with E-state index in [2.05, 4.69) is 29.1 Å². The Morgan fingerprint density at radius 2 is 1.98 bits per heavy atom. The minimum absolute atomic E-state index is 0.212. The summed E-state index contributed by atoms with van der Waals surface area (Å²) >= 11 is 3.70. The van der Waals surface area contributed by atoms with Crippen molar-refractivity contribution in [2.45, 2.75) is 67.6 Å². The number of aliphatic hydroxyl groups is 1. The molecular formula is C33H39BrN2O6. The van der Waals surface area contributed by atoms with E-state index in [0.29, 0.717) is 24.9 Å². The maximum Gasteiger partial charge on any atom is 0.312 e. The summed E-state index contributed by atoms with van der Waals surface area (Å²) in [5.74, 6) is -2.88. The number of halogens is 1. The van der Waals surface area contributed by atoms with Gasteiger partial charge in [0.1, 0.15) is 11.6 Å². The number of hydrogen-bond donors (Lipinski definition) is 1. The van der Waals surface area contributed by atoms with E-state index in [1.807, 2.05) is 55.5 Å². The highest BCUT2D eigenvalue weighted by Gasteiger charge is 2.77. The zero-order chi connectivity index (χ0) is 30.0. The van der Waals surface area contributed by atoms with E-state index in [4.69, 9.17) is 9.47 Å². The van der Waals surface area contributed by atoms with E-state index in [1.165, 1.54) is 4.90 Å². The number of rotatable bonds is 13. The van der Waals surface area contributed by atoms with Crippen molar-refractivity contribution >= 4 is 50.2 Å². The van der Waals surface area contributed by atoms with Crippen molar-refractivity contribution in [1.29, 1.82) is 0 Å². The van der Waals surface area contributed by atoms with Crippen molar-refractivity contribution in [2.24, 2.45) is 11.8 Å². The number of esters is 1. The maximum absolute atomic E-state index is 14.7. The van der Waals surface area contributed by atoms with E-state index in [-0.39, 0.29) is 36.4 Å². The lowest BCUT2D eigenvalue weighted by Gasteiger charge is -2.39. The van der Waals surface area contributed by atoms with Crippen LogP contribution in [-0.4, -0.2) is 76.2 Å². The monoisotopic (exact) mass is 638 g/mol. The third-order valence-corrected chi connectivity index (χ3v) is 9.82. The number of carbonyl (C=O) groups excluding carboxylic acids is 3. The van der Waals surface area contributed by atoms with Gasteiger partial charge >= 0.3 is 5.97 Å². The molecule has 3 unspecified atom stereocenters. The van der Waals surface area contributed by atoms with Crippen molar-refractivity contribution in [3.8, 4) is 0 Å². The molecule has 2 bridgehead atoms. The van der Waals surface area contributed by atoms with Crippen molar-refractivity contribution in [1.82, 2.24) is 4.90 Å². The Morgan fingerprint density at radius 3 is 2.67 bits per heavy atom. The summed E-state index contributed by atoms with van der Waals surface area (Å²) in [5.41, 5.74) is -0.570. The molecule has 8 nitrogen and oxygen atoms in total. The summed E-state index contributed by atoms with van der Waals surface area (Å²) in [4.78, 5) is 45.4. The molecule has 0 saturated carbocycles. The zero-order valence-corrected chi connectivity index (χ0v) is 25.6. The standard InChI is InChI=1S/C33H39BrN2O6/c1-4-7-8-11-17-41-32(40)26-27-30(38)36(23(6-3)20-37)29(33(27)19-25(34)28(26)42-33)31(39)35(16-5-2)24-15-14-21-12-9-10-13-22(21)18-24/h4-5,9-10,12-15,18,23,25-29,37H,1-2,6-8,11,16-17,19-20H2,3H3/t23-,25?,26-,27-,28-,29?,33?/m0/s1. The van der Waals surface area contributed by atoms with Gasteiger partial charge in [0, 0.05) is 17.1 Å². The van der Waals surface area contributed by atoms with E-state index in [0.717, 1.165) is 23.6 Å². The first-order valence-electron chi connectivity index (χ1n) is 14.8. The number of alkyl halides is 1. The molecule has 3 saturated heterocycles. The minimum Gasteiger partial charge on any atom is -0.465 e. The summed E-state index contributed by atoms with van der Waals surface area (Å²) < 4.78 is 12.3. The van der Waals surface area contributed by atoms with Crippen LogP contribution in [0.15, 0.2) is 67.8 Å². The SMILES string of the molecule is C=CCCCCOC(=O)[C@H]1[C@H]2C(=O)N([C@@H](CC)CO)C(C(=O)N(CC=C)c3ccc4ccccc4c3)C23CC(Br)[C@@H]1O3. The minimum atomic E-state index is -1.24. The third kappa shape index (κ3) is 5.09. The average molecular weight is 640 g/mol. The highest BCUT2D eigenvalue weighted by atomic mass is 79.9.